The molecule has 1 atom stereocenters. The Morgan fingerprint density at radius 3 is 2.47 bits per heavy atom. The molecule has 1 aliphatic carbocycles. The van der Waals surface area contributed by atoms with E-state index < -0.39 is 0 Å². The summed E-state index contributed by atoms with van der Waals surface area (Å²) in [4.78, 5) is 12.3. The van der Waals surface area contributed by atoms with Gasteiger partial charge in [0.25, 0.3) is 0 Å². The van der Waals surface area contributed by atoms with Crippen LogP contribution in [0.15, 0.2) is 0 Å². The standard InChI is InChI=1S/C13H24O2/c1-11(7-10-15-3)12(14)13(2)8-5-4-6-9-13/h11H,4-10H2,1-3H3. The van der Waals surface area contributed by atoms with Crippen molar-refractivity contribution in [3.05, 3.63) is 0 Å². The molecule has 1 rings (SSSR count). The van der Waals surface area contributed by atoms with Crippen molar-refractivity contribution in [3.63, 3.8) is 0 Å². The molecule has 1 unspecified atom stereocenters. The number of carbonyl (C=O) groups is 1. The second-order valence-corrected chi connectivity index (χ2v) is 5.17. The number of hydrogen-bond acceptors (Lipinski definition) is 2. The van der Waals surface area contributed by atoms with Gasteiger partial charge in [-0.05, 0) is 19.3 Å². The lowest BCUT2D eigenvalue weighted by atomic mass is 9.69. The van der Waals surface area contributed by atoms with Crippen LogP contribution in [0.25, 0.3) is 0 Å². The lowest BCUT2D eigenvalue weighted by Crippen LogP contribution is -2.34. The first-order valence-corrected chi connectivity index (χ1v) is 6.13. The van der Waals surface area contributed by atoms with E-state index in [0.29, 0.717) is 12.4 Å². The SMILES string of the molecule is COCCC(C)C(=O)C1(C)CCCCC1. The zero-order valence-electron chi connectivity index (χ0n) is 10.3. The van der Waals surface area contributed by atoms with Crippen molar-refractivity contribution in [2.45, 2.75) is 52.4 Å². The first-order valence-electron chi connectivity index (χ1n) is 6.13. The number of Topliss-reactive ketones (excluding diaryl/α,β-unsaturated/α-hetero) is 1. The Hall–Kier alpha value is -0.370. The van der Waals surface area contributed by atoms with Crippen LogP contribution in [0.3, 0.4) is 0 Å². The number of ether oxygens (including phenoxy) is 1. The van der Waals surface area contributed by atoms with Crippen LogP contribution in [-0.4, -0.2) is 19.5 Å². The van der Waals surface area contributed by atoms with Crippen LogP contribution in [0, 0.1) is 11.3 Å². The summed E-state index contributed by atoms with van der Waals surface area (Å²) in [6.07, 6.45) is 6.78. The van der Waals surface area contributed by atoms with Crippen molar-refractivity contribution in [1.29, 1.82) is 0 Å². The third-order valence-corrected chi connectivity index (χ3v) is 3.75. The average molecular weight is 212 g/mol. The van der Waals surface area contributed by atoms with Gasteiger partial charge in [-0.1, -0.05) is 33.1 Å². The lowest BCUT2D eigenvalue weighted by Gasteiger charge is -2.34. The third kappa shape index (κ3) is 3.30. The summed E-state index contributed by atoms with van der Waals surface area (Å²) in [6.45, 7) is 4.89. The molecule has 1 fully saturated rings. The molecule has 88 valence electrons. The van der Waals surface area contributed by atoms with Gasteiger partial charge in [0, 0.05) is 25.0 Å². The van der Waals surface area contributed by atoms with Crippen molar-refractivity contribution in [3.8, 4) is 0 Å². The molecule has 0 aromatic rings. The Morgan fingerprint density at radius 2 is 1.93 bits per heavy atom. The van der Waals surface area contributed by atoms with Crippen molar-refractivity contribution in [2.24, 2.45) is 11.3 Å². The zero-order chi connectivity index (χ0) is 11.3. The number of methoxy groups -OCH3 is 1. The van der Waals surface area contributed by atoms with Crippen molar-refractivity contribution in [2.75, 3.05) is 13.7 Å². The van der Waals surface area contributed by atoms with E-state index in [1.54, 1.807) is 7.11 Å². The first-order chi connectivity index (χ1) is 7.10. The minimum Gasteiger partial charge on any atom is -0.385 e. The summed E-state index contributed by atoms with van der Waals surface area (Å²) in [5.74, 6) is 0.618. The van der Waals surface area contributed by atoms with Crippen LogP contribution in [0.4, 0.5) is 0 Å². The second kappa shape index (κ2) is 5.64. The Balaban J connectivity index is 2.49. The maximum atomic E-state index is 12.3. The Labute approximate surface area is 93.4 Å². The fourth-order valence-electron chi connectivity index (χ4n) is 2.60. The maximum absolute atomic E-state index is 12.3. The van der Waals surface area contributed by atoms with Gasteiger partial charge in [-0.3, -0.25) is 4.79 Å². The molecule has 1 aliphatic rings. The molecule has 2 heteroatoms. The number of hydrogen-bond donors (Lipinski definition) is 0. The van der Waals surface area contributed by atoms with Gasteiger partial charge in [-0.15, -0.1) is 0 Å². The highest BCUT2D eigenvalue weighted by Gasteiger charge is 2.36. The Bertz CT molecular complexity index is 205. The van der Waals surface area contributed by atoms with Gasteiger partial charge in [0.1, 0.15) is 5.78 Å². The van der Waals surface area contributed by atoms with E-state index in [9.17, 15) is 4.79 Å². The maximum Gasteiger partial charge on any atom is 0.141 e. The first kappa shape index (κ1) is 12.7. The molecular formula is C13H24O2. The van der Waals surface area contributed by atoms with E-state index in [-0.39, 0.29) is 11.3 Å². The van der Waals surface area contributed by atoms with E-state index in [1.165, 1.54) is 19.3 Å². The Kier molecular flexibility index (Phi) is 4.78. The van der Waals surface area contributed by atoms with Crippen LogP contribution < -0.4 is 0 Å². The number of ketones is 1. The molecule has 15 heavy (non-hydrogen) atoms. The van der Waals surface area contributed by atoms with Crippen molar-refractivity contribution >= 4 is 5.78 Å². The summed E-state index contributed by atoms with van der Waals surface area (Å²) >= 11 is 0. The molecule has 0 N–H and O–H groups in total. The molecule has 0 bridgehead atoms. The zero-order valence-corrected chi connectivity index (χ0v) is 10.3. The van der Waals surface area contributed by atoms with Gasteiger partial charge in [0.05, 0.1) is 0 Å². The van der Waals surface area contributed by atoms with Crippen LogP contribution in [0.1, 0.15) is 52.4 Å². The van der Waals surface area contributed by atoms with Gasteiger partial charge < -0.3 is 4.74 Å². The van der Waals surface area contributed by atoms with Crippen molar-refractivity contribution in [1.82, 2.24) is 0 Å². The summed E-state index contributed by atoms with van der Waals surface area (Å²) in [7, 11) is 1.69. The van der Waals surface area contributed by atoms with Gasteiger partial charge >= 0.3 is 0 Å². The fraction of sp³-hybridized carbons (Fsp3) is 0.923. The molecule has 0 aromatic heterocycles. The molecule has 0 aromatic carbocycles. The molecule has 0 amide bonds. The Morgan fingerprint density at radius 1 is 1.33 bits per heavy atom. The predicted octanol–water partition coefficient (Wildman–Crippen LogP) is 3.20. The van der Waals surface area contributed by atoms with Gasteiger partial charge in [-0.25, -0.2) is 0 Å². The summed E-state index contributed by atoms with van der Waals surface area (Å²) in [5, 5.41) is 0. The normalized spacial score (nSPS) is 22.3. The van der Waals surface area contributed by atoms with E-state index in [4.69, 9.17) is 4.74 Å². The lowest BCUT2D eigenvalue weighted by molar-refractivity contribution is -0.133. The number of carbonyl (C=O) groups excluding carboxylic acids is 1. The minimum atomic E-state index is -0.0363. The molecular weight excluding hydrogens is 188 g/mol. The van der Waals surface area contributed by atoms with Gasteiger partial charge in [0.2, 0.25) is 0 Å². The fourth-order valence-corrected chi connectivity index (χ4v) is 2.60. The topological polar surface area (TPSA) is 26.3 Å². The van der Waals surface area contributed by atoms with Crippen LogP contribution in [-0.2, 0) is 9.53 Å². The van der Waals surface area contributed by atoms with Crippen LogP contribution in [0.5, 0.6) is 0 Å². The highest BCUT2D eigenvalue weighted by Crippen LogP contribution is 2.38. The second-order valence-electron chi connectivity index (χ2n) is 5.17. The van der Waals surface area contributed by atoms with Gasteiger partial charge in [0.15, 0.2) is 0 Å². The van der Waals surface area contributed by atoms with Crippen molar-refractivity contribution < 1.29 is 9.53 Å². The summed E-state index contributed by atoms with van der Waals surface area (Å²) < 4.78 is 5.03. The highest BCUT2D eigenvalue weighted by atomic mass is 16.5. The van der Waals surface area contributed by atoms with E-state index in [2.05, 4.69) is 6.92 Å². The quantitative estimate of drug-likeness (QED) is 0.699. The summed E-state index contributed by atoms with van der Waals surface area (Å²) in [5.41, 5.74) is -0.0363. The van der Waals surface area contributed by atoms with Gasteiger partial charge in [-0.2, -0.15) is 0 Å². The van der Waals surface area contributed by atoms with E-state index in [0.717, 1.165) is 19.3 Å². The van der Waals surface area contributed by atoms with E-state index in [1.807, 2.05) is 6.92 Å². The predicted molar refractivity (Wildman–Crippen MR) is 61.9 cm³/mol. The monoisotopic (exact) mass is 212 g/mol. The molecule has 1 saturated carbocycles. The minimum absolute atomic E-state index is 0.0363. The summed E-state index contributed by atoms with van der Waals surface area (Å²) in [6, 6.07) is 0. The molecule has 0 heterocycles. The smallest absolute Gasteiger partial charge is 0.141 e. The molecule has 0 radical (unpaired) electrons. The molecule has 2 nitrogen and oxygen atoms in total. The molecule has 0 saturated heterocycles. The van der Waals surface area contributed by atoms with E-state index >= 15 is 0 Å². The van der Waals surface area contributed by atoms with Crippen LogP contribution in [0.2, 0.25) is 0 Å². The van der Waals surface area contributed by atoms with Crippen LogP contribution >= 0.6 is 0 Å². The molecule has 0 aliphatic heterocycles. The third-order valence-electron chi connectivity index (χ3n) is 3.75. The highest BCUT2D eigenvalue weighted by molar-refractivity contribution is 5.86. The largest absolute Gasteiger partial charge is 0.385 e. The molecule has 0 spiro atoms. The number of rotatable bonds is 5. The average Bonchev–Trinajstić information content (AvgIpc) is 2.26.